The molecule has 2 heterocycles. The summed E-state index contributed by atoms with van der Waals surface area (Å²) in [5.41, 5.74) is 22.1. The quantitative estimate of drug-likeness (QED) is 0.0718. The molecule has 0 unspecified atom stereocenters. The Hall–Kier alpha value is -14.3. The average molecular weight is 1450 g/mol. The number of rotatable bonds is 15. The van der Waals surface area contributed by atoms with Crippen LogP contribution in [0.3, 0.4) is 0 Å². The summed E-state index contributed by atoms with van der Waals surface area (Å²) in [7, 11) is 15.8. The van der Waals surface area contributed by atoms with Crippen molar-refractivity contribution in [3.05, 3.63) is 325 Å². The Kier molecular flexibility index (Phi) is 39.3. The molecule has 0 amide bonds. The van der Waals surface area contributed by atoms with E-state index in [1.807, 2.05) is 134 Å². The summed E-state index contributed by atoms with van der Waals surface area (Å²) in [6, 6.07) is 83.3. The number of benzene rings is 9. The van der Waals surface area contributed by atoms with E-state index in [1.165, 1.54) is 95.2 Å². The Bertz CT molecular complexity index is 4640. The van der Waals surface area contributed by atoms with Gasteiger partial charge < -0.3 is 47.4 Å². The fraction of sp³-hybridized carbons (Fsp3) is 0.143. The van der Waals surface area contributed by atoms with E-state index < -0.39 is 0 Å². The van der Waals surface area contributed by atoms with Crippen LogP contribution < -0.4 is 9.47 Å². The first-order chi connectivity index (χ1) is 54.0. The summed E-state index contributed by atoms with van der Waals surface area (Å²) in [4.78, 5) is 8.62. The predicted octanol–water partition coefficient (Wildman–Crippen LogP) is 19.8. The second kappa shape index (κ2) is 51.0. The van der Waals surface area contributed by atoms with E-state index in [2.05, 4.69) is 272 Å². The van der Waals surface area contributed by atoms with Crippen molar-refractivity contribution >= 4 is 0 Å². The number of allylic oxidation sites excluding steroid dienone is 4. The maximum atomic E-state index is 5.19. The fourth-order valence-corrected chi connectivity index (χ4v) is 9.60. The third-order valence-electron chi connectivity index (χ3n) is 15.3. The third-order valence-corrected chi connectivity index (χ3v) is 15.3. The smallest absolute Gasteiger partial charge is 0.124 e. The van der Waals surface area contributed by atoms with Gasteiger partial charge in [0.15, 0.2) is 0 Å². The highest BCUT2D eigenvalue weighted by Gasteiger charge is 2.06. The van der Waals surface area contributed by atoms with Crippen molar-refractivity contribution in [3.8, 4) is 174 Å². The number of pyridine rings is 2. The van der Waals surface area contributed by atoms with Crippen molar-refractivity contribution < 1.29 is 47.4 Å². The van der Waals surface area contributed by atoms with Crippen molar-refractivity contribution in [2.75, 3.05) is 84.3 Å². The third kappa shape index (κ3) is 31.6. The summed E-state index contributed by atoms with van der Waals surface area (Å²) in [6.45, 7) is 5.55. The molecule has 0 aliphatic heterocycles. The van der Waals surface area contributed by atoms with Crippen molar-refractivity contribution in [2.45, 2.75) is 13.8 Å². The van der Waals surface area contributed by atoms with Gasteiger partial charge in [-0.15, -0.1) is 0 Å². The normalized spacial score (nSPS) is 9.53. The molecule has 0 saturated carbocycles. The molecule has 0 radical (unpaired) electrons. The summed E-state index contributed by atoms with van der Waals surface area (Å²) in [6.07, 6.45) is 29.8. The highest BCUT2D eigenvalue weighted by molar-refractivity contribution is 5.75. The van der Waals surface area contributed by atoms with E-state index in [1.54, 1.807) is 55.1 Å². The summed E-state index contributed by atoms with van der Waals surface area (Å²) < 4.78 is 47.7. The van der Waals surface area contributed by atoms with Gasteiger partial charge in [0.2, 0.25) is 0 Å². The van der Waals surface area contributed by atoms with Crippen LogP contribution >= 0.6 is 0 Å². The van der Waals surface area contributed by atoms with Gasteiger partial charge in [0, 0.05) is 72.5 Å². The van der Waals surface area contributed by atoms with Gasteiger partial charge in [0.1, 0.15) is 48.1 Å². The van der Waals surface area contributed by atoms with Gasteiger partial charge in [-0.3, -0.25) is 9.97 Å². The van der Waals surface area contributed by atoms with Gasteiger partial charge in [0.25, 0.3) is 0 Å². The van der Waals surface area contributed by atoms with Crippen molar-refractivity contribution in [2.24, 2.45) is 0 Å². The van der Waals surface area contributed by atoms with Crippen LogP contribution in [0.2, 0.25) is 0 Å². The zero-order valence-electron chi connectivity index (χ0n) is 64.1. The molecule has 0 spiro atoms. The van der Waals surface area contributed by atoms with E-state index in [0.29, 0.717) is 13.2 Å². The monoisotopic (exact) mass is 1450 g/mol. The van der Waals surface area contributed by atoms with E-state index in [4.69, 9.17) is 28.4 Å². The Morgan fingerprint density at radius 1 is 0.245 bits per heavy atom. The molecule has 0 aliphatic rings. The second-order valence-electron chi connectivity index (χ2n) is 22.9. The molecule has 2 aromatic heterocycles. The first-order valence-electron chi connectivity index (χ1n) is 34.5. The first-order valence-corrected chi connectivity index (χ1v) is 34.5. The van der Waals surface area contributed by atoms with E-state index in [9.17, 15) is 0 Å². The van der Waals surface area contributed by atoms with Crippen LogP contribution in [-0.2, 0) is 37.9 Å². The lowest BCUT2D eigenvalue weighted by atomic mass is 9.97. The Morgan fingerprint density at radius 2 is 0.473 bits per heavy atom. The van der Waals surface area contributed by atoms with Gasteiger partial charge in [0.05, 0.1) is 81.5 Å². The molecule has 550 valence electrons. The van der Waals surface area contributed by atoms with Crippen LogP contribution in [0.4, 0.5) is 0 Å². The van der Waals surface area contributed by atoms with Gasteiger partial charge in [-0.1, -0.05) is 217 Å². The van der Waals surface area contributed by atoms with Crippen LogP contribution in [0.15, 0.2) is 292 Å². The van der Waals surface area contributed by atoms with Crippen molar-refractivity contribution in [1.82, 2.24) is 9.97 Å². The molecule has 11 aromatic rings. The molecule has 0 aliphatic carbocycles. The van der Waals surface area contributed by atoms with Gasteiger partial charge in [-0.25, -0.2) is 0 Å². The number of ether oxygens (including phenoxy) is 10. The lowest BCUT2D eigenvalue weighted by molar-refractivity contribution is 0.234. The lowest BCUT2D eigenvalue weighted by Crippen LogP contribution is -1.89. The first kappa shape index (κ1) is 84.7. The summed E-state index contributed by atoms with van der Waals surface area (Å²) >= 11 is 0. The molecule has 0 bridgehead atoms. The van der Waals surface area contributed by atoms with Crippen LogP contribution in [0.1, 0.15) is 33.4 Å². The number of aryl methyl sites for hydroxylation is 2. The van der Waals surface area contributed by atoms with Crippen molar-refractivity contribution in [3.63, 3.8) is 0 Å². The highest BCUT2D eigenvalue weighted by atomic mass is 16.5. The van der Waals surface area contributed by atoms with Crippen LogP contribution in [0.25, 0.3) is 78.1 Å². The van der Waals surface area contributed by atoms with E-state index in [-0.39, 0.29) is 0 Å². The molecular formula is C98H88N2O10. The standard InChI is InChI=1S/C26H22.C20H18O2.C18H14O2.C16H12N2O2.C10H16O2.C8H6O2/c1-19-3-7-21(8-4-19)23-11-15-25(16-12-23)26-17-13-24(14-18-26)22-9-5-20(2)6-10-22;1-21-19-11-7-17(8-12-19)15-3-5-16(6-4-15)18-9-13-20(22-2)14-10-18;1-19-13-11-15-3-7-17(8-4-15)18-9-5-16(6-10-18)12-14-20-2;1-19-9-7-13-3-5-15(17-11-13)16-6-4-14(12-18-16)8-10-20-2;1-11-9-7-5-3-4-6-8-10-12-2;1-9-7-5-3-4-6-8-10-2/h3-18H,1-2H3;3-14H,1-2H3;3-10H,1-2H3;3-6,11-12H,1-2H3;3-8H,9-10H2,1-2H3;1-2H3/b;;;;4-3+,7-5+,8-6+;. The van der Waals surface area contributed by atoms with E-state index >= 15 is 0 Å². The molecule has 0 fully saturated rings. The molecule has 11 rings (SSSR count). The number of hydrogen-bond donors (Lipinski definition) is 0. The molecule has 110 heavy (non-hydrogen) atoms. The topological polar surface area (TPSA) is 118 Å². The number of aromatic nitrogens is 2. The number of hydrogen-bond acceptors (Lipinski definition) is 12. The second-order valence-corrected chi connectivity index (χ2v) is 22.9. The Morgan fingerprint density at radius 3 is 0.700 bits per heavy atom. The summed E-state index contributed by atoms with van der Waals surface area (Å²) in [5.74, 6) is 22.9. The zero-order chi connectivity index (χ0) is 78.4. The SMILES string of the molecule is COC#CC#CC#COC.COC#Cc1ccc(-c2ccc(C#COC)cc2)cc1.COC#Cc1ccc(-c2ccc(C#COC)cn2)nc1.COC/C=C/C=C/C=C/COC.COc1ccc(-c2ccc(-c3ccc(OC)cc3)cc2)cc1.Cc1ccc(-c2ccc(-c3ccc(-c4ccc(C)cc4)cc3)cc2)cc1. The van der Waals surface area contributed by atoms with Gasteiger partial charge >= 0.3 is 0 Å². The minimum Gasteiger partial charge on any atom is -0.497 e. The Labute approximate surface area is 650 Å². The molecule has 0 saturated heterocycles. The van der Waals surface area contributed by atoms with Gasteiger partial charge in [-0.05, 0) is 177 Å². The van der Waals surface area contributed by atoms with Crippen LogP contribution in [-0.4, -0.2) is 94.3 Å². The van der Waals surface area contributed by atoms with Crippen molar-refractivity contribution in [1.29, 1.82) is 0 Å². The minimum atomic E-state index is 0.659. The zero-order valence-corrected chi connectivity index (χ0v) is 64.1. The molecular weight excluding hydrogens is 1370 g/mol. The Balaban J connectivity index is 0.000000211. The van der Waals surface area contributed by atoms with Crippen LogP contribution in [0.5, 0.6) is 11.5 Å². The van der Waals surface area contributed by atoms with Crippen LogP contribution in [0, 0.1) is 97.8 Å². The van der Waals surface area contributed by atoms with E-state index in [0.717, 1.165) is 56.3 Å². The van der Waals surface area contributed by atoms with Gasteiger partial charge in [-0.2, -0.15) is 0 Å². The largest absolute Gasteiger partial charge is 0.497 e. The molecule has 12 nitrogen and oxygen atoms in total. The highest BCUT2D eigenvalue weighted by Crippen LogP contribution is 2.30. The predicted molar refractivity (Wildman–Crippen MR) is 446 cm³/mol. The lowest BCUT2D eigenvalue weighted by Gasteiger charge is -2.07. The maximum Gasteiger partial charge on any atom is 0.124 e. The maximum absolute atomic E-state index is 5.19. The number of nitrogens with zero attached hydrogens (tertiary/aromatic N) is 2. The summed E-state index contributed by atoms with van der Waals surface area (Å²) in [5, 5.41) is 0. The molecule has 9 aromatic carbocycles. The molecule has 12 heteroatoms. The number of methoxy groups -OCH3 is 10. The fourth-order valence-electron chi connectivity index (χ4n) is 9.60. The average Bonchev–Trinajstić information content (AvgIpc) is 0.845. The minimum absolute atomic E-state index is 0.659. The molecule has 0 atom stereocenters. The molecule has 0 N–H and O–H groups in total.